The molecule has 2 atom stereocenters. The Labute approximate surface area is 243 Å². The van der Waals surface area contributed by atoms with Gasteiger partial charge in [-0.2, -0.15) is 10.4 Å². The summed E-state index contributed by atoms with van der Waals surface area (Å²) in [6.45, 7) is 1.03. The van der Waals surface area contributed by atoms with E-state index in [1.54, 1.807) is 43.3 Å². The maximum atomic E-state index is 15.5. The Bertz CT molecular complexity index is 1740. The fourth-order valence-electron chi connectivity index (χ4n) is 4.54. The number of aromatic nitrogens is 4. The van der Waals surface area contributed by atoms with Gasteiger partial charge in [-0.1, -0.05) is 37.3 Å². The van der Waals surface area contributed by atoms with Crippen molar-refractivity contribution in [3.05, 3.63) is 118 Å². The average molecular weight is 588 g/mol. The van der Waals surface area contributed by atoms with Crippen LogP contribution in [0.5, 0.6) is 5.75 Å². The third kappa shape index (κ3) is 5.88. The maximum Gasteiger partial charge on any atom is 0.344 e. The van der Waals surface area contributed by atoms with E-state index in [1.165, 1.54) is 46.9 Å². The van der Waals surface area contributed by atoms with Crippen LogP contribution in [0.25, 0.3) is 11.3 Å². The van der Waals surface area contributed by atoms with Gasteiger partial charge >= 0.3 is 5.97 Å². The number of ether oxygens (including phenoxy) is 2. The van der Waals surface area contributed by atoms with Gasteiger partial charge in [0.2, 0.25) is 0 Å². The van der Waals surface area contributed by atoms with Crippen LogP contribution in [0.4, 0.5) is 8.78 Å². The number of rotatable bonds is 10. The van der Waals surface area contributed by atoms with Crippen LogP contribution in [0.1, 0.15) is 39.3 Å². The highest BCUT2D eigenvalue weighted by atomic mass is 32.1. The van der Waals surface area contributed by atoms with Gasteiger partial charge in [0, 0.05) is 28.5 Å². The number of phenolic OH excluding ortho intramolecular Hbond substituents is 1. The minimum absolute atomic E-state index is 0.0133. The summed E-state index contributed by atoms with van der Waals surface area (Å²) in [4.78, 5) is 21.5. The second-order valence-corrected chi connectivity index (χ2v) is 10.2. The van der Waals surface area contributed by atoms with Crippen LogP contribution >= 0.6 is 11.3 Å². The second-order valence-electron chi connectivity index (χ2n) is 9.30. The van der Waals surface area contributed by atoms with Gasteiger partial charge in [0.25, 0.3) is 0 Å². The summed E-state index contributed by atoms with van der Waals surface area (Å²) < 4.78 is 42.6. The van der Waals surface area contributed by atoms with Gasteiger partial charge in [-0.25, -0.2) is 28.2 Å². The number of hydrogen-bond acceptors (Lipinski definition) is 9. The molecular weight excluding hydrogens is 564 g/mol. The molecule has 9 nitrogen and oxygen atoms in total. The topological polar surface area (TPSA) is 123 Å². The third-order valence-corrected chi connectivity index (χ3v) is 7.81. The molecule has 0 aliphatic heterocycles. The third-order valence-electron chi connectivity index (χ3n) is 6.78. The Morgan fingerprint density at radius 2 is 1.95 bits per heavy atom. The number of nitriles is 1. The number of para-hydroxylation sites is 1. The predicted molar refractivity (Wildman–Crippen MR) is 148 cm³/mol. The molecular formula is C30H23F2N5O4S. The van der Waals surface area contributed by atoms with E-state index in [4.69, 9.17) is 19.7 Å². The first-order valence-corrected chi connectivity index (χ1v) is 13.5. The molecule has 0 radical (unpaired) electrons. The molecule has 0 saturated carbocycles. The number of thiazole rings is 1. The number of phenols is 1. The lowest BCUT2D eigenvalue weighted by atomic mass is 9.81. The van der Waals surface area contributed by atoms with Crippen LogP contribution in [-0.2, 0) is 21.6 Å². The lowest BCUT2D eigenvalue weighted by molar-refractivity contribution is -0.148. The first kappa shape index (κ1) is 28.5. The van der Waals surface area contributed by atoms with Crippen LogP contribution in [0.3, 0.4) is 0 Å². The molecule has 0 fully saturated rings. The Hall–Kier alpha value is -4.99. The van der Waals surface area contributed by atoms with Gasteiger partial charge in [0.05, 0.1) is 28.9 Å². The zero-order chi connectivity index (χ0) is 29.7. The van der Waals surface area contributed by atoms with Crippen molar-refractivity contribution in [1.82, 2.24) is 19.7 Å². The van der Waals surface area contributed by atoms with Crippen LogP contribution in [-0.4, -0.2) is 37.6 Å². The Morgan fingerprint density at radius 1 is 1.17 bits per heavy atom. The number of hydrogen-bond donors (Lipinski definition) is 1. The predicted octanol–water partition coefficient (Wildman–Crippen LogP) is 5.79. The number of carbonyl (C=O) groups is 1. The zero-order valence-corrected chi connectivity index (χ0v) is 23.0. The largest absolute Gasteiger partial charge is 0.507 e. The van der Waals surface area contributed by atoms with E-state index < -0.39 is 35.9 Å². The number of nitrogens with zero attached hydrogens (tertiary/aromatic N) is 5. The van der Waals surface area contributed by atoms with Crippen molar-refractivity contribution in [3.8, 4) is 23.1 Å². The lowest BCUT2D eigenvalue weighted by Gasteiger charge is -2.38. The molecule has 0 amide bonds. The van der Waals surface area contributed by atoms with Gasteiger partial charge in [-0.3, -0.25) is 0 Å². The van der Waals surface area contributed by atoms with Gasteiger partial charge in [0.1, 0.15) is 41.2 Å². The van der Waals surface area contributed by atoms with Crippen LogP contribution in [0.15, 0.2) is 84.8 Å². The normalized spacial score (nSPS) is 13.2. The van der Waals surface area contributed by atoms with Crippen LogP contribution in [0.2, 0.25) is 0 Å². The molecule has 0 aliphatic carbocycles. The SMILES string of the molecule is CC(c1nc(-c2ccc(C#N)cc2)cs1)C(Cn1cncn1)(OCOC(=O)c1ccccc1O)c1ccc(F)cc1F. The quantitative estimate of drug-likeness (QED) is 0.161. The lowest BCUT2D eigenvalue weighted by Crippen LogP contribution is -2.42. The standard InChI is InChI=1S/C30H23F2N5O4S/c1-19(28-36-26(14-42-28)21-8-6-20(13-33)7-9-21)30(15-37-17-34-16-35-37,24-11-10-22(31)12-25(24)32)41-18-40-29(39)23-4-2-3-5-27(23)38/h2-12,14,16-17,19,38H,15,18H2,1H3. The minimum Gasteiger partial charge on any atom is -0.507 e. The summed E-state index contributed by atoms with van der Waals surface area (Å²) in [5.41, 5.74) is 0.205. The first-order chi connectivity index (χ1) is 20.3. The van der Waals surface area contributed by atoms with Crippen molar-refractivity contribution in [2.75, 3.05) is 6.79 Å². The van der Waals surface area contributed by atoms with Gasteiger partial charge in [0.15, 0.2) is 6.79 Å². The molecule has 2 aromatic heterocycles. The molecule has 212 valence electrons. The molecule has 42 heavy (non-hydrogen) atoms. The van der Waals surface area contributed by atoms with Crippen LogP contribution < -0.4 is 0 Å². The molecule has 1 N–H and O–H groups in total. The van der Waals surface area contributed by atoms with E-state index in [1.807, 2.05) is 5.38 Å². The smallest absolute Gasteiger partial charge is 0.344 e. The second kappa shape index (κ2) is 12.3. The Morgan fingerprint density at radius 3 is 2.64 bits per heavy atom. The Balaban J connectivity index is 1.54. The van der Waals surface area contributed by atoms with Crippen molar-refractivity contribution in [3.63, 3.8) is 0 Å². The van der Waals surface area contributed by atoms with Crippen molar-refractivity contribution < 1.29 is 28.2 Å². The molecule has 12 heteroatoms. The number of benzene rings is 3. The number of esters is 1. The number of aromatic hydroxyl groups is 1. The van der Waals surface area contributed by atoms with Crippen LogP contribution in [0, 0.1) is 23.0 Å². The van der Waals surface area contributed by atoms with Gasteiger partial charge in [-0.05, 0) is 30.3 Å². The molecule has 2 unspecified atom stereocenters. The summed E-state index contributed by atoms with van der Waals surface area (Å²) in [6, 6.07) is 18.0. The number of halogens is 2. The van der Waals surface area contributed by atoms with E-state index in [9.17, 15) is 14.3 Å². The molecule has 5 rings (SSSR count). The summed E-state index contributed by atoms with van der Waals surface area (Å²) in [5, 5.41) is 25.7. The Kier molecular flexibility index (Phi) is 8.33. The summed E-state index contributed by atoms with van der Waals surface area (Å²) in [6.07, 6.45) is 2.73. The van der Waals surface area contributed by atoms with E-state index in [0.717, 1.165) is 17.7 Å². The van der Waals surface area contributed by atoms with E-state index in [2.05, 4.69) is 16.2 Å². The van der Waals surface area contributed by atoms with Crippen molar-refractivity contribution in [1.29, 1.82) is 5.26 Å². The number of carbonyl (C=O) groups excluding carboxylic acids is 1. The summed E-state index contributed by atoms with van der Waals surface area (Å²) in [5.74, 6) is -3.47. The fourth-order valence-corrected chi connectivity index (χ4v) is 5.50. The molecule has 0 bridgehead atoms. The van der Waals surface area contributed by atoms with E-state index in [-0.39, 0.29) is 23.4 Å². The molecule has 2 heterocycles. The first-order valence-electron chi connectivity index (χ1n) is 12.6. The average Bonchev–Trinajstić information content (AvgIpc) is 3.69. The molecule has 3 aromatic carbocycles. The van der Waals surface area contributed by atoms with E-state index in [0.29, 0.717) is 16.3 Å². The molecule has 0 spiro atoms. The monoisotopic (exact) mass is 587 g/mol. The van der Waals surface area contributed by atoms with Crippen molar-refractivity contribution in [2.24, 2.45) is 0 Å². The van der Waals surface area contributed by atoms with Gasteiger partial charge < -0.3 is 14.6 Å². The highest BCUT2D eigenvalue weighted by Crippen LogP contribution is 2.44. The maximum absolute atomic E-state index is 15.5. The molecule has 0 saturated heterocycles. The van der Waals surface area contributed by atoms with Gasteiger partial charge in [-0.15, -0.1) is 11.3 Å². The highest BCUT2D eigenvalue weighted by Gasteiger charge is 2.45. The summed E-state index contributed by atoms with van der Waals surface area (Å²) in [7, 11) is 0. The van der Waals surface area contributed by atoms with Crippen molar-refractivity contribution >= 4 is 17.3 Å². The highest BCUT2D eigenvalue weighted by molar-refractivity contribution is 7.10. The fraction of sp³-hybridized carbons (Fsp3) is 0.167. The molecule has 0 aliphatic rings. The van der Waals surface area contributed by atoms with E-state index >= 15 is 4.39 Å². The molecule has 5 aromatic rings. The zero-order valence-electron chi connectivity index (χ0n) is 22.1. The summed E-state index contributed by atoms with van der Waals surface area (Å²) >= 11 is 1.31. The minimum atomic E-state index is -1.62. The van der Waals surface area contributed by atoms with Crippen molar-refractivity contribution in [2.45, 2.75) is 25.0 Å².